The molecule has 4 aliphatic rings. The van der Waals surface area contributed by atoms with Crippen molar-refractivity contribution in [2.75, 3.05) is 0 Å². The molecule has 75 heavy (non-hydrogen) atoms. The van der Waals surface area contributed by atoms with Crippen LogP contribution in [0.15, 0.2) is 243 Å². The number of benzene rings is 8. The molecular formula is C51H52O14Si10. The molecule has 4 heterocycles. The maximum atomic E-state index is 14.0. The lowest BCUT2D eigenvalue weighted by Gasteiger charge is -2.56. The summed E-state index contributed by atoms with van der Waals surface area (Å²) in [6.07, 6.45) is 0. The summed E-state index contributed by atoms with van der Waals surface area (Å²) in [7, 11) is -44.7. The minimum absolute atomic E-state index is 0.350. The summed E-state index contributed by atoms with van der Waals surface area (Å²) in [5.74, 6) is 0. The maximum Gasteiger partial charge on any atom is 0.520 e. The molecule has 0 aromatic heterocycles. The van der Waals surface area contributed by atoms with Crippen LogP contribution in [-0.2, 0) is 53.5 Å². The molecule has 0 radical (unpaired) electrons. The van der Waals surface area contributed by atoms with Crippen LogP contribution in [-0.4, -0.2) is 93.6 Å². The van der Waals surface area contributed by atoms with Crippen molar-refractivity contribution in [2.24, 2.45) is 0 Å². The molecule has 0 spiro atoms. The van der Waals surface area contributed by atoms with Gasteiger partial charge in [0, 0.05) is 36.3 Å². The molecule has 24 heteroatoms. The van der Waals surface area contributed by atoms with Crippen LogP contribution in [0.5, 0.6) is 0 Å². The Morgan fingerprint density at radius 1 is 0.253 bits per heavy atom. The number of hydrogen-bond acceptors (Lipinski definition) is 14. The summed E-state index contributed by atoms with van der Waals surface area (Å²) in [5.41, 5.74) is 0. The SMILES string of the molecule is C[SiH]1O[Si]2(c3ccccc3)O[Si](C)(c3ccccc3)O[Si]3(c4ccccc4)O[SiH](C)O[Si]4(c5ccccc5)O[Si](O)(c5ccccc5)O[Si](c5ccccc5)(O1)O[Si](c1ccccc1)(O4)O[Si](c1ccccc1)(O2)O3. The Kier molecular flexibility index (Phi) is 13.8. The van der Waals surface area contributed by atoms with Crippen LogP contribution in [0.3, 0.4) is 0 Å². The predicted octanol–water partition coefficient (Wildman–Crippen LogP) is 2.85. The van der Waals surface area contributed by atoms with Crippen LogP contribution >= 0.6 is 0 Å². The molecule has 1 N–H and O–H groups in total. The Morgan fingerprint density at radius 3 is 0.720 bits per heavy atom. The van der Waals surface area contributed by atoms with Gasteiger partial charge in [-0.05, 0) is 24.8 Å². The lowest BCUT2D eigenvalue weighted by Crippen LogP contribution is -2.88. The second-order valence-corrected chi connectivity index (χ2v) is 46.1. The van der Waals surface area contributed by atoms with E-state index in [2.05, 4.69) is 0 Å². The van der Waals surface area contributed by atoms with E-state index in [1.807, 2.05) is 250 Å². The first-order chi connectivity index (χ1) is 36.4. The lowest BCUT2D eigenvalue weighted by molar-refractivity contribution is 0.0591. The smallest absolute Gasteiger partial charge is 0.393 e. The van der Waals surface area contributed by atoms with Gasteiger partial charge in [0.15, 0.2) is 0 Å². The summed E-state index contributed by atoms with van der Waals surface area (Å²) in [4.78, 5) is 14.0. The lowest BCUT2D eigenvalue weighted by atomic mass is 10.4. The molecule has 380 valence electrons. The quantitative estimate of drug-likeness (QED) is 0.223. The fourth-order valence-corrected chi connectivity index (χ4v) is 59.2. The normalized spacial score (nSPS) is 33.9. The van der Waals surface area contributed by atoms with Gasteiger partial charge >= 0.3 is 88.8 Å². The molecule has 6 unspecified atom stereocenters. The molecule has 4 saturated heterocycles. The Balaban J connectivity index is 1.28. The van der Waals surface area contributed by atoms with Gasteiger partial charge in [-0.1, -0.05) is 243 Å². The average Bonchev–Trinajstić information content (AvgIpc) is 3.45. The summed E-state index contributed by atoms with van der Waals surface area (Å²) in [5, 5.41) is 4.26. The highest BCUT2D eigenvalue weighted by molar-refractivity contribution is 7.09. The zero-order valence-corrected chi connectivity index (χ0v) is 51.3. The second-order valence-electron chi connectivity index (χ2n) is 18.3. The molecule has 4 fully saturated rings. The third-order valence-electron chi connectivity index (χ3n) is 13.0. The van der Waals surface area contributed by atoms with Gasteiger partial charge in [0.2, 0.25) is 0 Å². The van der Waals surface area contributed by atoms with E-state index in [4.69, 9.17) is 53.5 Å². The molecule has 0 aliphatic carbocycles. The summed E-state index contributed by atoms with van der Waals surface area (Å²) >= 11 is 0. The predicted molar refractivity (Wildman–Crippen MR) is 303 cm³/mol. The number of rotatable bonds is 8. The number of fused-ring (bicyclic) bond motifs is 4. The monoisotopic (exact) mass is 1170 g/mol. The molecule has 0 amide bonds. The molecule has 6 bridgehead atoms. The summed E-state index contributed by atoms with van der Waals surface area (Å²) in [6, 6.07) is 75.9. The van der Waals surface area contributed by atoms with Crippen molar-refractivity contribution in [2.45, 2.75) is 19.6 Å². The van der Waals surface area contributed by atoms with E-state index < -0.39 is 88.8 Å². The molecule has 4 aliphatic heterocycles. The zero-order chi connectivity index (χ0) is 51.3. The van der Waals surface area contributed by atoms with E-state index in [9.17, 15) is 4.80 Å². The minimum atomic E-state index is -5.06. The van der Waals surface area contributed by atoms with Gasteiger partial charge in [-0.15, -0.1) is 0 Å². The topological polar surface area (TPSA) is 140 Å². The van der Waals surface area contributed by atoms with E-state index in [-0.39, 0.29) is 0 Å². The van der Waals surface area contributed by atoms with Crippen molar-refractivity contribution in [3.63, 3.8) is 0 Å². The first-order valence-electron chi connectivity index (χ1n) is 24.6. The molecular weight excluding hydrogens is 1120 g/mol. The van der Waals surface area contributed by atoms with Crippen molar-refractivity contribution in [3.8, 4) is 0 Å². The van der Waals surface area contributed by atoms with Gasteiger partial charge in [0.25, 0.3) is 0 Å². The van der Waals surface area contributed by atoms with E-state index in [1.54, 1.807) is 12.1 Å². The Labute approximate surface area is 448 Å². The zero-order valence-electron chi connectivity index (χ0n) is 41.0. The van der Waals surface area contributed by atoms with Crippen molar-refractivity contribution >= 4 is 130 Å². The summed E-state index contributed by atoms with van der Waals surface area (Å²) < 4.78 is 103. The molecule has 8 aromatic rings. The highest BCUT2D eigenvalue weighted by atomic mass is 28.6. The van der Waals surface area contributed by atoms with E-state index in [1.165, 1.54) is 0 Å². The first-order valence-corrected chi connectivity index (χ1v) is 43.2. The van der Waals surface area contributed by atoms with Gasteiger partial charge in [0.1, 0.15) is 0 Å². The highest BCUT2D eigenvalue weighted by Gasteiger charge is 2.78. The van der Waals surface area contributed by atoms with E-state index in [0.29, 0.717) is 36.3 Å². The fraction of sp³-hybridized carbons (Fsp3) is 0.0588. The second kappa shape index (κ2) is 20.3. The summed E-state index contributed by atoms with van der Waals surface area (Å²) in [6.45, 7) is 5.75. The van der Waals surface area contributed by atoms with Crippen LogP contribution < -0.4 is 41.5 Å². The van der Waals surface area contributed by atoms with Crippen molar-refractivity contribution in [1.29, 1.82) is 0 Å². The Morgan fingerprint density at radius 2 is 0.453 bits per heavy atom. The molecule has 14 nitrogen and oxygen atoms in total. The van der Waals surface area contributed by atoms with Crippen LogP contribution in [0.1, 0.15) is 0 Å². The third kappa shape index (κ3) is 9.57. The number of hydrogen-bond donors (Lipinski definition) is 1. The molecule has 0 saturated carbocycles. The van der Waals surface area contributed by atoms with Gasteiger partial charge in [-0.3, -0.25) is 0 Å². The molecule has 6 atom stereocenters. The third-order valence-corrected chi connectivity index (χ3v) is 52.4. The van der Waals surface area contributed by atoms with Crippen LogP contribution in [0.2, 0.25) is 19.6 Å². The highest BCUT2D eigenvalue weighted by Crippen LogP contribution is 2.41. The van der Waals surface area contributed by atoms with Crippen molar-refractivity contribution < 1.29 is 58.3 Å². The van der Waals surface area contributed by atoms with Crippen LogP contribution in [0.25, 0.3) is 0 Å². The largest absolute Gasteiger partial charge is 0.520 e. The van der Waals surface area contributed by atoms with Crippen molar-refractivity contribution in [1.82, 2.24) is 0 Å². The van der Waals surface area contributed by atoms with E-state index in [0.717, 1.165) is 5.19 Å². The van der Waals surface area contributed by atoms with Crippen LogP contribution in [0.4, 0.5) is 0 Å². The van der Waals surface area contributed by atoms with Gasteiger partial charge < -0.3 is 58.3 Å². The molecule has 12 rings (SSSR count). The van der Waals surface area contributed by atoms with Gasteiger partial charge in [-0.25, -0.2) is 0 Å². The maximum absolute atomic E-state index is 14.0. The van der Waals surface area contributed by atoms with Crippen LogP contribution in [0, 0.1) is 0 Å². The first kappa shape index (κ1) is 51.1. The van der Waals surface area contributed by atoms with Crippen molar-refractivity contribution in [3.05, 3.63) is 243 Å². The fourth-order valence-electron chi connectivity index (χ4n) is 9.70. The Bertz CT molecular complexity index is 2880. The average molecular weight is 1170 g/mol. The molecule has 8 aromatic carbocycles. The van der Waals surface area contributed by atoms with Gasteiger partial charge in [-0.2, -0.15) is 0 Å². The standard InChI is InChI=1S/C51H52O14Si10/c1-66-53-70(46-32-16-6-17-33-46)57-68(3,44-28-12-4-13-29-44)58-71(47-34-18-7-19-35-47)54-67(2)56-73(49-38-22-9-23-39-49)60-69(52,45-30-14-5-15-31-45)59-72(55-66,48-36-20-8-21-37-48)63-75(64-73,51-42-26-11-27-43-51)65-74(61-70,62-71)50-40-24-10-25-41-50/h4-43,52,66-67H,1-3H3. The van der Waals surface area contributed by atoms with Gasteiger partial charge in [0.05, 0.1) is 0 Å². The minimum Gasteiger partial charge on any atom is -0.393 e. The Hall–Kier alpha value is -4.63. The van der Waals surface area contributed by atoms with E-state index >= 15 is 0 Å².